The van der Waals surface area contributed by atoms with E-state index in [1.807, 2.05) is 0 Å². The number of fused-ring (bicyclic) bond motifs is 1. The Morgan fingerprint density at radius 3 is 2.69 bits per heavy atom. The first-order valence-electron chi connectivity index (χ1n) is 7.55. The smallest absolute Gasteiger partial charge is 0.312 e. The standard InChI is InChI=1S/C16H11F4N5O/c17-9-4-21-14-23-13(6-24(14)5-9)11-3-10(1-2-12(11)18)22-15(26)25-7-16(19,20)8-25/h1-6H,7-8H2,(H,22,26). The zero-order chi connectivity index (χ0) is 18.5. The number of amides is 2. The summed E-state index contributed by atoms with van der Waals surface area (Å²) in [5.74, 6) is -3.88. The number of imidazole rings is 1. The molecule has 1 N–H and O–H groups in total. The van der Waals surface area contributed by atoms with Crippen molar-refractivity contribution >= 4 is 17.5 Å². The lowest BCUT2D eigenvalue weighted by molar-refractivity contribution is -0.107. The van der Waals surface area contributed by atoms with E-state index in [0.717, 1.165) is 23.4 Å². The lowest BCUT2D eigenvalue weighted by atomic mass is 10.1. The molecule has 3 aromatic rings. The number of anilines is 1. The highest BCUT2D eigenvalue weighted by Crippen LogP contribution is 2.29. The molecule has 26 heavy (non-hydrogen) atoms. The van der Waals surface area contributed by atoms with Crippen LogP contribution in [0, 0.1) is 11.6 Å². The molecule has 10 heteroatoms. The Hall–Kier alpha value is -3.17. The highest BCUT2D eigenvalue weighted by Gasteiger charge is 2.46. The van der Waals surface area contributed by atoms with E-state index in [0.29, 0.717) is 0 Å². The van der Waals surface area contributed by atoms with Crippen LogP contribution in [0.3, 0.4) is 0 Å². The number of alkyl halides is 2. The van der Waals surface area contributed by atoms with E-state index >= 15 is 0 Å². The van der Waals surface area contributed by atoms with Gasteiger partial charge in [-0.05, 0) is 18.2 Å². The molecule has 0 spiro atoms. The van der Waals surface area contributed by atoms with Crippen LogP contribution in [0.2, 0.25) is 0 Å². The first kappa shape index (κ1) is 16.3. The summed E-state index contributed by atoms with van der Waals surface area (Å²) in [6.45, 7) is -1.31. The maximum atomic E-state index is 14.2. The molecular formula is C16H11F4N5O. The van der Waals surface area contributed by atoms with Crippen molar-refractivity contribution in [1.82, 2.24) is 19.3 Å². The van der Waals surface area contributed by atoms with Gasteiger partial charge in [-0.15, -0.1) is 0 Å². The largest absolute Gasteiger partial charge is 0.322 e. The Labute approximate surface area is 144 Å². The molecule has 2 amide bonds. The highest BCUT2D eigenvalue weighted by atomic mass is 19.3. The third kappa shape index (κ3) is 2.93. The summed E-state index contributed by atoms with van der Waals surface area (Å²) in [6.07, 6.45) is 3.53. The molecular weight excluding hydrogens is 354 g/mol. The van der Waals surface area contributed by atoms with Gasteiger partial charge < -0.3 is 10.2 Å². The van der Waals surface area contributed by atoms with Gasteiger partial charge in [0.05, 0.1) is 25.0 Å². The zero-order valence-corrected chi connectivity index (χ0v) is 13.1. The van der Waals surface area contributed by atoms with Crippen molar-refractivity contribution in [1.29, 1.82) is 0 Å². The number of rotatable bonds is 2. The van der Waals surface area contributed by atoms with Crippen LogP contribution < -0.4 is 5.32 Å². The number of likely N-dealkylation sites (tertiary alicyclic amines) is 1. The SMILES string of the molecule is O=C(Nc1ccc(F)c(-c2cn3cc(F)cnc3n2)c1)N1CC(F)(F)C1. The van der Waals surface area contributed by atoms with Crippen molar-refractivity contribution in [2.75, 3.05) is 18.4 Å². The Kier molecular flexibility index (Phi) is 3.56. The fourth-order valence-corrected chi connectivity index (χ4v) is 2.65. The average molecular weight is 365 g/mol. The van der Waals surface area contributed by atoms with E-state index in [1.165, 1.54) is 22.7 Å². The van der Waals surface area contributed by atoms with Gasteiger partial charge >= 0.3 is 6.03 Å². The lowest BCUT2D eigenvalue weighted by Gasteiger charge is -2.38. The topological polar surface area (TPSA) is 62.5 Å². The Bertz CT molecular complexity index is 1010. The van der Waals surface area contributed by atoms with Gasteiger partial charge in [0, 0.05) is 23.6 Å². The number of benzene rings is 1. The summed E-state index contributed by atoms with van der Waals surface area (Å²) in [4.78, 5) is 20.8. The summed E-state index contributed by atoms with van der Waals surface area (Å²) in [6, 6.07) is 3.05. The maximum absolute atomic E-state index is 14.2. The van der Waals surface area contributed by atoms with Gasteiger partial charge in [0.2, 0.25) is 5.78 Å². The molecule has 1 fully saturated rings. The predicted molar refractivity (Wildman–Crippen MR) is 83.9 cm³/mol. The summed E-state index contributed by atoms with van der Waals surface area (Å²) in [5.41, 5.74) is 0.465. The summed E-state index contributed by atoms with van der Waals surface area (Å²) in [7, 11) is 0. The van der Waals surface area contributed by atoms with Crippen LogP contribution in [-0.4, -0.2) is 44.3 Å². The van der Waals surface area contributed by atoms with Crippen molar-refractivity contribution < 1.29 is 22.4 Å². The molecule has 0 aliphatic carbocycles. The number of halogens is 4. The summed E-state index contributed by atoms with van der Waals surface area (Å²) >= 11 is 0. The van der Waals surface area contributed by atoms with Crippen molar-refractivity contribution in [3.05, 3.63) is 48.4 Å². The Morgan fingerprint density at radius 2 is 1.96 bits per heavy atom. The van der Waals surface area contributed by atoms with Crippen LogP contribution in [0.4, 0.5) is 28.0 Å². The zero-order valence-electron chi connectivity index (χ0n) is 13.1. The molecule has 1 saturated heterocycles. The highest BCUT2D eigenvalue weighted by molar-refractivity contribution is 5.90. The number of carbonyl (C=O) groups excluding carboxylic acids is 1. The van der Waals surface area contributed by atoms with Crippen LogP contribution in [0.25, 0.3) is 17.0 Å². The van der Waals surface area contributed by atoms with Gasteiger partial charge in [-0.2, -0.15) is 0 Å². The molecule has 0 atom stereocenters. The quantitative estimate of drug-likeness (QED) is 0.710. The average Bonchev–Trinajstić information content (AvgIpc) is 2.97. The van der Waals surface area contributed by atoms with Gasteiger partial charge in [0.25, 0.3) is 5.92 Å². The second kappa shape index (κ2) is 5.68. The number of hydrogen-bond acceptors (Lipinski definition) is 3. The Morgan fingerprint density at radius 1 is 1.19 bits per heavy atom. The molecule has 0 bridgehead atoms. The number of nitrogens with one attached hydrogen (secondary N) is 1. The number of carbonyl (C=O) groups is 1. The number of urea groups is 1. The van der Waals surface area contributed by atoms with Gasteiger partial charge in [0.15, 0.2) is 5.82 Å². The van der Waals surface area contributed by atoms with Gasteiger partial charge in [-0.3, -0.25) is 4.40 Å². The van der Waals surface area contributed by atoms with E-state index in [4.69, 9.17) is 0 Å². The molecule has 0 unspecified atom stereocenters. The van der Waals surface area contributed by atoms with E-state index < -0.39 is 36.7 Å². The molecule has 134 valence electrons. The van der Waals surface area contributed by atoms with Gasteiger partial charge in [0.1, 0.15) is 5.82 Å². The van der Waals surface area contributed by atoms with E-state index in [9.17, 15) is 22.4 Å². The molecule has 1 aliphatic rings. The molecule has 0 saturated carbocycles. The van der Waals surface area contributed by atoms with Crippen molar-refractivity contribution in [2.24, 2.45) is 0 Å². The van der Waals surface area contributed by atoms with Crippen molar-refractivity contribution in [3.8, 4) is 11.3 Å². The van der Waals surface area contributed by atoms with Crippen LogP contribution >= 0.6 is 0 Å². The summed E-state index contributed by atoms with van der Waals surface area (Å²) in [5, 5.41) is 2.44. The normalized spacial score (nSPS) is 15.8. The molecule has 4 rings (SSSR count). The van der Waals surface area contributed by atoms with Crippen LogP contribution in [0.15, 0.2) is 36.8 Å². The molecule has 3 heterocycles. The van der Waals surface area contributed by atoms with Crippen LogP contribution in [-0.2, 0) is 0 Å². The monoisotopic (exact) mass is 365 g/mol. The van der Waals surface area contributed by atoms with Gasteiger partial charge in [-0.25, -0.2) is 32.3 Å². The fraction of sp³-hybridized carbons (Fsp3) is 0.188. The second-order valence-electron chi connectivity index (χ2n) is 5.94. The van der Waals surface area contributed by atoms with Crippen molar-refractivity contribution in [2.45, 2.75) is 5.92 Å². The third-order valence-corrected chi connectivity index (χ3v) is 3.90. The maximum Gasteiger partial charge on any atom is 0.322 e. The number of hydrogen-bond donors (Lipinski definition) is 1. The predicted octanol–water partition coefficient (Wildman–Crippen LogP) is 3.16. The minimum Gasteiger partial charge on any atom is -0.312 e. The summed E-state index contributed by atoms with van der Waals surface area (Å²) < 4.78 is 54.4. The molecule has 1 aromatic carbocycles. The van der Waals surface area contributed by atoms with E-state index in [2.05, 4.69) is 15.3 Å². The molecule has 1 aliphatic heterocycles. The molecule has 2 aromatic heterocycles. The van der Waals surface area contributed by atoms with E-state index in [-0.39, 0.29) is 22.7 Å². The third-order valence-electron chi connectivity index (χ3n) is 3.90. The first-order chi connectivity index (χ1) is 12.3. The Balaban J connectivity index is 1.60. The lowest BCUT2D eigenvalue weighted by Crippen LogP contribution is -2.59. The first-order valence-corrected chi connectivity index (χ1v) is 7.55. The number of nitrogens with zero attached hydrogens (tertiary/aromatic N) is 4. The van der Waals surface area contributed by atoms with Crippen LogP contribution in [0.1, 0.15) is 0 Å². The number of aromatic nitrogens is 3. The minimum absolute atomic E-state index is 0.0580. The van der Waals surface area contributed by atoms with E-state index in [1.54, 1.807) is 0 Å². The van der Waals surface area contributed by atoms with Gasteiger partial charge in [-0.1, -0.05) is 0 Å². The molecule has 0 radical (unpaired) electrons. The van der Waals surface area contributed by atoms with Crippen LogP contribution in [0.5, 0.6) is 0 Å². The minimum atomic E-state index is -2.87. The van der Waals surface area contributed by atoms with Crippen molar-refractivity contribution in [3.63, 3.8) is 0 Å². The molecule has 6 nitrogen and oxygen atoms in total. The fourth-order valence-electron chi connectivity index (χ4n) is 2.65. The second-order valence-corrected chi connectivity index (χ2v) is 5.94.